The van der Waals surface area contributed by atoms with Crippen molar-refractivity contribution >= 4 is 21.5 Å². The Hall–Kier alpha value is -1.45. The molecule has 0 atom stereocenters. The molecule has 2 rings (SSSR count). The van der Waals surface area contributed by atoms with Gasteiger partial charge in [0.2, 0.25) is 0 Å². The van der Waals surface area contributed by atoms with Gasteiger partial charge in [-0.25, -0.2) is 0 Å². The van der Waals surface area contributed by atoms with Crippen molar-refractivity contribution in [1.82, 2.24) is 15.3 Å². The van der Waals surface area contributed by atoms with Crippen LogP contribution in [0.15, 0.2) is 18.5 Å². The lowest BCUT2D eigenvalue weighted by atomic mass is 10.3. The van der Waals surface area contributed by atoms with Gasteiger partial charge in [-0.15, -0.1) is 10.2 Å². The van der Waals surface area contributed by atoms with Gasteiger partial charge in [0.05, 0.1) is 0 Å². The van der Waals surface area contributed by atoms with Crippen molar-refractivity contribution in [2.45, 2.75) is 19.9 Å². The lowest BCUT2D eigenvalue weighted by Crippen LogP contribution is -2.40. The number of aryl methyl sites for hydroxylation is 2. The smallest absolute Gasteiger partial charge is 0.271 e. The van der Waals surface area contributed by atoms with E-state index in [1.807, 2.05) is 6.92 Å². The second kappa shape index (κ2) is 5.68. The molecule has 19 heavy (non-hydrogen) atoms. The van der Waals surface area contributed by atoms with Gasteiger partial charge in [0.15, 0.2) is 12.7 Å². The van der Waals surface area contributed by atoms with E-state index in [0.29, 0.717) is 0 Å². The van der Waals surface area contributed by atoms with E-state index in [4.69, 9.17) is 4.55 Å². The Labute approximate surface area is 114 Å². The largest absolute Gasteiger partial charge is 0.285 e. The fourth-order valence-corrected chi connectivity index (χ4v) is 2.55. The van der Waals surface area contributed by atoms with E-state index in [1.165, 1.54) is 16.0 Å². The van der Waals surface area contributed by atoms with Crippen LogP contribution in [0.25, 0.3) is 10.6 Å². The molecule has 102 valence electrons. The van der Waals surface area contributed by atoms with Gasteiger partial charge >= 0.3 is 0 Å². The predicted octanol–water partition coefficient (Wildman–Crippen LogP) is 0.338. The van der Waals surface area contributed by atoms with Gasteiger partial charge < -0.3 is 0 Å². The molecule has 2 aromatic rings. The molecule has 0 aliphatic carbocycles. The summed E-state index contributed by atoms with van der Waals surface area (Å²) in [6.45, 7) is 2.12. The van der Waals surface area contributed by atoms with E-state index in [-0.39, 0.29) is 12.3 Å². The summed E-state index contributed by atoms with van der Waals surface area (Å²) in [7, 11) is -3.97. The third-order valence-electron chi connectivity index (χ3n) is 2.37. The number of hydrogen-bond acceptors (Lipinski definition) is 6. The maximum absolute atomic E-state index is 10.6. The molecule has 0 aromatic carbocycles. The zero-order valence-corrected chi connectivity index (χ0v) is 11.9. The van der Waals surface area contributed by atoms with Crippen molar-refractivity contribution in [3.05, 3.63) is 23.5 Å². The lowest BCUT2D eigenvalue weighted by Gasteiger charge is -1.94. The lowest BCUT2D eigenvalue weighted by molar-refractivity contribution is -0.750. The van der Waals surface area contributed by atoms with Gasteiger partial charge in [0.25, 0.3) is 10.1 Å². The first-order valence-corrected chi connectivity index (χ1v) is 8.04. The van der Waals surface area contributed by atoms with Gasteiger partial charge in [-0.3, -0.25) is 4.55 Å². The summed E-state index contributed by atoms with van der Waals surface area (Å²) in [4.78, 5) is 0. The second-order valence-corrected chi connectivity index (χ2v) is 6.45. The van der Waals surface area contributed by atoms with Gasteiger partial charge in [0, 0.05) is 11.6 Å². The highest BCUT2D eigenvalue weighted by molar-refractivity contribution is 7.85. The van der Waals surface area contributed by atoms with E-state index in [0.717, 1.165) is 22.0 Å². The summed E-state index contributed by atoms with van der Waals surface area (Å²) in [6, 6.07) is 1.79. The second-order valence-electron chi connectivity index (χ2n) is 3.82. The van der Waals surface area contributed by atoms with Crippen LogP contribution in [-0.2, 0) is 23.1 Å². The highest BCUT2D eigenvalue weighted by Gasteiger charge is 2.12. The molecule has 0 aliphatic heterocycles. The minimum atomic E-state index is -3.97. The summed E-state index contributed by atoms with van der Waals surface area (Å²) < 4.78 is 31.4. The molecule has 0 saturated heterocycles. The van der Waals surface area contributed by atoms with Gasteiger partial charge in [-0.1, -0.05) is 22.9 Å². The fraction of sp³-hybridized carbons (Fsp3) is 0.400. The standard InChI is InChI=1S/C10H12N4O3S2/c1-2-9-12-13-10(18-9)8-3-4-14(11-7-8)5-6-19(15,16)17/h3-4,7H,2,5-6H2,1H3/p+1. The first-order valence-electron chi connectivity index (χ1n) is 5.61. The van der Waals surface area contributed by atoms with Crippen molar-refractivity contribution < 1.29 is 17.7 Å². The third kappa shape index (κ3) is 4.01. The maximum Gasteiger partial charge on any atom is 0.271 e. The van der Waals surface area contributed by atoms with E-state index in [1.54, 1.807) is 18.5 Å². The molecule has 0 amide bonds. The van der Waals surface area contributed by atoms with Gasteiger partial charge in [0.1, 0.15) is 22.0 Å². The van der Waals surface area contributed by atoms with Crippen LogP contribution in [0.5, 0.6) is 0 Å². The highest BCUT2D eigenvalue weighted by atomic mass is 32.2. The van der Waals surface area contributed by atoms with Gasteiger partial charge in [-0.05, 0) is 11.5 Å². The topological polar surface area (TPSA) is 96.9 Å². The van der Waals surface area contributed by atoms with Crippen LogP contribution in [0.1, 0.15) is 11.9 Å². The van der Waals surface area contributed by atoms with Crippen LogP contribution >= 0.6 is 11.3 Å². The first kappa shape index (κ1) is 14.0. The molecule has 1 N–H and O–H groups in total. The zero-order valence-electron chi connectivity index (χ0n) is 10.2. The summed E-state index contributed by atoms with van der Waals surface area (Å²) >= 11 is 1.50. The molecule has 2 heterocycles. The molecule has 0 radical (unpaired) electrons. The summed E-state index contributed by atoms with van der Waals surface area (Å²) in [5.41, 5.74) is 0.834. The number of rotatable bonds is 5. The van der Waals surface area contributed by atoms with Crippen LogP contribution in [0.2, 0.25) is 0 Å². The third-order valence-corrected chi connectivity index (χ3v) is 4.18. The summed E-state index contributed by atoms with van der Waals surface area (Å²) in [5, 5.41) is 13.9. The van der Waals surface area contributed by atoms with Crippen molar-refractivity contribution in [3.8, 4) is 10.6 Å². The molecule has 0 unspecified atom stereocenters. The molecule has 9 heteroatoms. The van der Waals surface area contributed by atoms with Crippen LogP contribution < -0.4 is 4.68 Å². The molecular weight excluding hydrogens is 288 g/mol. The molecule has 7 nitrogen and oxygen atoms in total. The average molecular weight is 301 g/mol. The van der Waals surface area contributed by atoms with Crippen LogP contribution in [0.4, 0.5) is 0 Å². The van der Waals surface area contributed by atoms with Crippen LogP contribution in [-0.4, -0.2) is 34.0 Å². The Kier molecular flexibility index (Phi) is 4.17. The molecule has 2 aromatic heterocycles. The number of aromatic nitrogens is 4. The van der Waals surface area contributed by atoms with Crippen molar-refractivity contribution in [3.63, 3.8) is 0 Å². The summed E-state index contributed by atoms with van der Waals surface area (Å²) in [6.07, 6.45) is 4.09. The predicted molar refractivity (Wildman–Crippen MR) is 69.1 cm³/mol. The highest BCUT2D eigenvalue weighted by Crippen LogP contribution is 2.21. The van der Waals surface area contributed by atoms with E-state index in [2.05, 4.69) is 15.3 Å². The van der Waals surface area contributed by atoms with Crippen LogP contribution in [0, 0.1) is 0 Å². The molecule has 0 aliphatic rings. The molecule has 0 spiro atoms. The van der Waals surface area contributed by atoms with Crippen LogP contribution in [0.3, 0.4) is 0 Å². The minimum absolute atomic E-state index is 0.107. The zero-order chi connectivity index (χ0) is 13.9. The first-order chi connectivity index (χ1) is 8.98. The Bertz CT molecular complexity index is 652. The normalized spacial score (nSPS) is 11.7. The molecule has 0 bridgehead atoms. The van der Waals surface area contributed by atoms with E-state index >= 15 is 0 Å². The molecular formula is C10H13N4O3S2+. The van der Waals surface area contributed by atoms with Gasteiger partial charge in [-0.2, -0.15) is 8.42 Å². The SMILES string of the molecule is CCc1nnc(-c2cc[n+](CCS(=O)(=O)O)nc2)s1. The van der Waals surface area contributed by atoms with Crippen molar-refractivity contribution in [2.75, 3.05) is 5.75 Å². The minimum Gasteiger partial charge on any atom is -0.285 e. The Morgan fingerprint density at radius 3 is 2.74 bits per heavy atom. The fourth-order valence-electron chi connectivity index (χ4n) is 1.37. The quantitative estimate of drug-likeness (QED) is 0.632. The Balaban J connectivity index is 2.10. The van der Waals surface area contributed by atoms with E-state index < -0.39 is 10.1 Å². The monoisotopic (exact) mass is 301 g/mol. The maximum atomic E-state index is 10.6. The molecule has 0 fully saturated rings. The Morgan fingerprint density at radius 1 is 1.42 bits per heavy atom. The average Bonchev–Trinajstić information content (AvgIpc) is 2.85. The Morgan fingerprint density at radius 2 is 2.21 bits per heavy atom. The van der Waals surface area contributed by atoms with Crippen molar-refractivity contribution in [1.29, 1.82) is 0 Å². The molecule has 0 saturated carbocycles. The number of hydrogen-bond donors (Lipinski definition) is 1. The number of nitrogens with zero attached hydrogens (tertiary/aromatic N) is 4. The summed E-state index contributed by atoms with van der Waals surface area (Å²) in [5.74, 6) is -0.358. The van der Waals surface area contributed by atoms with Crippen molar-refractivity contribution in [2.24, 2.45) is 0 Å². The van der Waals surface area contributed by atoms with E-state index in [9.17, 15) is 8.42 Å².